The van der Waals surface area contributed by atoms with Gasteiger partial charge in [-0.05, 0) is 87.2 Å². The Morgan fingerprint density at radius 2 is 1.66 bits per heavy atom. The Balaban J connectivity index is 1.23. The molecule has 35 heavy (non-hydrogen) atoms. The molecule has 3 saturated carbocycles. The average molecular weight is 514 g/mol. The molecular formula is C25H34F3N3O3S. The lowest BCUT2D eigenvalue weighted by Gasteiger charge is -2.35. The van der Waals surface area contributed by atoms with Crippen molar-refractivity contribution in [2.24, 2.45) is 23.7 Å². The summed E-state index contributed by atoms with van der Waals surface area (Å²) in [4.78, 5) is 12.0. The highest BCUT2D eigenvalue weighted by molar-refractivity contribution is 7.89. The predicted molar refractivity (Wildman–Crippen MR) is 125 cm³/mol. The van der Waals surface area contributed by atoms with Crippen LogP contribution in [0.3, 0.4) is 0 Å². The molecule has 1 saturated heterocycles. The summed E-state index contributed by atoms with van der Waals surface area (Å²) in [5.74, 6) is 3.02. The molecule has 0 radical (unpaired) electrons. The van der Waals surface area contributed by atoms with Gasteiger partial charge in [-0.2, -0.15) is 17.5 Å². The highest BCUT2D eigenvalue weighted by atomic mass is 32.2. The average Bonchev–Trinajstić information content (AvgIpc) is 3.03. The number of nitrogens with zero attached hydrogens (tertiary/aromatic N) is 1. The molecule has 3 unspecified atom stereocenters. The van der Waals surface area contributed by atoms with Gasteiger partial charge < -0.3 is 10.6 Å². The Morgan fingerprint density at radius 1 is 0.971 bits per heavy atom. The van der Waals surface area contributed by atoms with Crippen molar-refractivity contribution < 1.29 is 26.4 Å². The van der Waals surface area contributed by atoms with Gasteiger partial charge in [0.05, 0.1) is 10.5 Å². The van der Waals surface area contributed by atoms with E-state index in [1.54, 1.807) is 0 Å². The van der Waals surface area contributed by atoms with Crippen LogP contribution in [0.1, 0.15) is 63.4 Å². The van der Waals surface area contributed by atoms with Crippen molar-refractivity contribution in [2.45, 2.75) is 80.9 Å². The summed E-state index contributed by atoms with van der Waals surface area (Å²) >= 11 is 0. The number of alkyl halides is 3. The smallest absolute Gasteiger partial charge is 0.337 e. The Labute approximate surface area is 205 Å². The lowest BCUT2D eigenvalue weighted by molar-refractivity contribution is -0.139. The van der Waals surface area contributed by atoms with E-state index in [0.29, 0.717) is 24.7 Å². The number of halogens is 3. The topological polar surface area (TPSA) is 78.5 Å². The van der Waals surface area contributed by atoms with Crippen molar-refractivity contribution in [3.63, 3.8) is 0 Å². The van der Waals surface area contributed by atoms with Crippen molar-refractivity contribution in [2.75, 3.05) is 13.1 Å². The Hall–Kier alpha value is -1.81. The number of carbonyl (C=O) groups excluding carboxylic acids is 1. The number of piperidine rings is 1. The summed E-state index contributed by atoms with van der Waals surface area (Å²) in [5.41, 5.74) is -1.16. The number of urea groups is 1. The first-order valence-corrected chi connectivity index (χ1v) is 14.3. The van der Waals surface area contributed by atoms with E-state index in [4.69, 9.17) is 0 Å². The molecule has 4 aliphatic rings. The molecule has 1 aromatic rings. The Morgan fingerprint density at radius 3 is 2.40 bits per heavy atom. The first-order valence-electron chi connectivity index (χ1n) is 12.8. The Bertz CT molecular complexity index is 1050. The fourth-order valence-corrected chi connectivity index (χ4v) is 9.18. The molecule has 4 fully saturated rings. The predicted octanol–water partition coefficient (Wildman–Crippen LogP) is 4.76. The SMILES string of the molecule is O=C(NCC1CCCCN1S(=O)(=O)c1ccccc1C(F)(F)F)N[C@H]1C[C@@H]2CC3CC(C2)[C@H](C3)C1. The van der Waals surface area contributed by atoms with Gasteiger partial charge in [-0.15, -0.1) is 0 Å². The van der Waals surface area contributed by atoms with Crippen LogP contribution in [0, 0.1) is 23.7 Å². The van der Waals surface area contributed by atoms with Gasteiger partial charge in [-0.3, -0.25) is 0 Å². The minimum atomic E-state index is -4.77. The second-order valence-electron chi connectivity index (χ2n) is 11.0. The van der Waals surface area contributed by atoms with Crippen molar-refractivity contribution in [3.05, 3.63) is 29.8 Å². The number of carbonyl (C=O) groups is 1. The van der Waals surface area contributed by atoms with Gasteiger partial charge in [0.2, 0.25) is 10.0 Å². The molecule has 0 spiro atoms. The molecule has 1 aliphatic heterocycles. The molecule has 2 amide bonds. The molecule has 3 aliphatic carbocycles. The second kappa shape index (κ2) is 9.57. The third kappa shape index (κ3) is 5.19. The molecule has 3 bridgehead atoms. The van der Waals surface area contributed by atoms with E-state index in [9.17, 15) is 26.4 Å². The van der Waals surface area contributed by atoms with Crippen molar-refractivity contribution in [3.8, 4) is 0 Å². The van der Waals surface area contributed by atoms with Crippen LogP contribution in [0.4, 0.5) is 18.0 Å². The lowest BCUT2D eigenvalue weighted by atomic mass is 9.79. The highest BCUT2D eigenvalue weighted by Gasteiger charge is 2.45. The van der Waals surface area contributed by atoms with Crippen LogP contribution in [-0.4, -0.2) is 43.9 Å². The third-order valence-corrected chi connectivity index (χ3v) is 10.6. The lowest BCUT2D eigenvalue weighted by Crippen LogP contribution is -2.52. The second-order valence-corrected chi connectivity index (χ2v) is 12.8. The summed E-state index contributed by atoms with van der Waals surface area (Å²) in [5, 5.41) is 5.94. The molecule has 6 nitrogen and oxygen atoms in total. The van der Waals surface area contributed by atoms with E-state index in [0.717, 1.165) is 47.5 Å². The number of benzene rings is 1. The Kier molecular flexibility index (Phi) is 6.80. The van der Waals surface area contributed by atoms with Crippen molar-refractivity contribution >= 4 is 16.1 Å². The fourth-order valence-electron chi connectivity index (χ4n) is 7.27. The fraction of sp³-hybridized carbons (Fsp3) is 0.720. The number of nitrogens with one attached hydrogen (secondary N) is 2. The first-order chi connectivity index (χ1) is 16.6. The molecular weight excluding hydrogens is 479 g/mol. The molecule has 194 valence electrons. The maximum absolute atomic E-state index is 13.5. The summed E-state index contributed by atoms with van der Waals surface area (Å²) in [6.45, 7) is 0.209. The molecule has 1 aromatic carbocycles. The standard InChI is InChI=1S/C25H34F3N3O3S/c26-25(27,28)22-6-1-2-7-23(22)35(33,34)31-8-4-3-5-21(31)15-29-24(32)30-20-13-17-9-16-10-18(12-17)19(11-16)14-20/h1-2,6-7,16-21H,3-5,8-15H2,(H2,29,30,32)/t16?,17-,18?,19-,20+,21?/m1/s1. The van der Waals surface area contributed by atoms with Gasteiger partial charge in [-0.25, -0.2) is 13.2 Å². The number of hydrogen-bond acceptors (Lipinski definition) is 3. The summed E-state index contributed by atoms with van der Waals surface area (Å²) < 4.78 is 68.3. The monoisotopic (exact) mass is 513 g/mol. The molecule has 5 rings (SSSR count). The maximum atomic E-state index is 13.5. The summed E-state index contributed by atoms with van der Waals surface area (Å²) in [6, 6.07) is 3.52. The van der Waals surface area contributed by atoms with Crippen LogP contribution in [-0.2, 0) is 16.2 Å². The summed E-state index contributed by atoms with van der Waals surface area (Å²) in [7, 11) is -4.38. The van der Waals surface area contributed by atoms with E-state index in [-0.39, 0.29) is 25.2 Å². The molecule has 1 heterocycles. The van der Waals surface area contributed by atoms with Gasteiger partial charge in [0.25, 0.3) is 0 Å². The number of hydrogen-bond donors (Lipinski definition) is 2. The maximum Gasteiger partial charge on any atom is 0.417 e. The molecule has 10 heteroatoms. The number of sulfonamides is 1. The zero-order valence-corrected chi connectivity index (χ0v) is 20.6. The summed E-state index contributed by atoms with van der Waals surface area (Å²) in [6.07, 6.45) is 4.20. The normalized spacial score (nSPS) is 33.3. The zero-order chi connectivity index (χ0) is 24.8. The van der Waals surface area contributed by atoms with Crippen molar-refractivity contribution in [1.82, 2.24) is 14.9 Å². The molecule has 6 atom stereocenters. The van der Waals surface area contributed by atoms with Crippen LogP contribution in [0.2, 0.25) is 0 Å². The minimum absolute atomic E-state index is 0.0729. The highest BCUT2D eigenvalue weighted by Crippen LogP contribution is 2.53. The van der Waals surface area contributed by atoms with Gasteiger partial charge in [-0.1, -0.05) is 18.6 Å². The minimum Gasteiger partial charge on any atom is -0.337 e. The van der Waals surface area contributed by atoms with Crippen LogP contribution in [0.5, 0.6) is 0 Å². The quantitative estimate of drug-likeness (QED) is 0.596. The van der Waals surface area contributed by atoms with E-state index in [1.165, 1.54) is 37.8 Å². The largest absolute Gasteiger partial charge is 0.417 e. The van der Waals surface area contributed by atoms with Gasteiger partial charge in [0.1, 0.15) is 0 Å². The van der Waals surface area contributed by atoms with Gasteiger partial charge in [0.15, 0.2) is 0 Å². The van der Waals surface area contributed by atoms with E-state index >= 15 is 0 Å². The van der Waals surface area contributed by atoms with Gasteiger partial charge >= 0.3 is 12.2 Å². The van der Waals surface area contributed by atoms with Crippen LogP contribution >= 0.6 is 0 Å². The van der Waals surface area contributed by atoms with E-state index in [1.807, 2.05) is 0 Å². The van der Waals surface area contributed by atoms with E-state index in [2.05, 4.69) is 10.6 Å². The van der Waals surface area contributed by atoms with E-state index < -0.39 is 32.7 Å². The van der Waals surface area contributed by atoms with Crippen molar-refractivity contribution in [1.29, 1.82) is 0 Å². The number of fused-ring (bicyclic) bond motifs is 2. The number of rotatable bonds is 5. The molecule has 2 N–H and O–H groups in total. The van der Waals surface area contributed by atoms with Crippen LogP contribution in [0.25, 0.3) is 0 Å². The molecule has 0 aromatic heterocycles. The van der Waals surface area contributed by atoms with Gasteiger partial charge in [0, 0.05) is 25.2 Å². The first kappa shape index (κ1) is 24.9. The van der Waals surface area contributed by atoms with Crippen LogP contribution < -0.4 is 10.6 Å². The number of amides is 2. The third-order valence-electron chi connectivity index (χ3n) is 8.63. The zero-order valence-electron chi connectivity index (χ0n) is 19.8. The van der Waals surface area contributed by atoms with Crippen LogP contribution in [0.15, 0.2) is 29.2 Å².